The third-order valence-corrected chi connectivity index (χ3v) is 6.13. The van der Waals surface area contributed by atoms with Crippen LogP contribution in [0.2, 0.25) is 5.02 Å². The second kappa shape index (κ2) is 10.9. The van der Waals surface area contributed by atoms with Crippen LogP contribution in [-0.2, 0) is 4.74 Å². The molecule has 0 radical (unpaired) electrons. The Morgan fingerprint density at radius 1 is 1.06 bits per heavy atom. The van der Waals surface area contributed by atoms with E-state index in [1.54, 1.807) is 0 Å². The van der Waals surface area contributed by atoms with Gasteiger partial charge in [0.2, 0.25) is 5.95 Å². The first-order valence-electron chi connectivity index (χ1n) is 10.9. The Hall–Kier alpha value is -2.52. The van der Waals surface area contributed by atoms with E-state index in [-0.39, 0.29) is 11.6 Å². The number of aromatic carboxylic acids is 1. The first-order valence-corrected chi connectivity index (χ1v) is 11.2. The lowest BCUT2D eigenvalue weighted by Gasteiger charge is -2.40. The SMILES string of the molecule is O=C(O)c1cnc(N2CCN(C(C=Cc3ccc(Cl)cc3)CN3CCOCC3)CC2)nc1. The van der Waals surface area contributed by atoms with Gasteiger partial charge in [-0.1, -0.05) is 35.9 Å². The van der Waals surface area contributed by atoms with Crippen LogP contribution < -0.4 is 4.90 Å². The molecule has 0 aliphatic carbocycles. The highest BCUT2D eigenvalue weighted by Crippen LogP contribution is 2.17. The number of carboxylic acid groups (broad SMARTS) is 1. The summed E-state index contributed by atoms with van der Waals surface area (Å²) in [5, 5.41) is 9.78. The number of carbonyl (C=O) groups is 1. The third-order valence-electron chi connectivity index (χ3n) is 5.88. The summed E-state index contributed by atoms with van der Waals surface area (Å²) in [6.07, 6.45) is 7.19. The van der Waals surface area contributed by atoms with Crippen LogP contribution in [0.4, 0.5) is 5.95 Å². The van der Waals surface area contributed by atoms with Gasteiger partial charge >= 0.3 is 5.97 Å². The molecule has 2 fully saturated rings. The molecule has 1 aromatic carbocycles. The molecule has 4 rings (SSSR count). The fourth-order valence-electron chi connectivity index (χ4n) is 3.99. The van der Waals surface area contributed by atoms with Gasteiger partial charge < -0.3 is 14.7 Å². The van der Waals surface area contributed by atoms with E-state index in [9.17, 15) is 4.79 Å². The summed E-state index contributed by atoms with van der Waals surface area (Å²) >= 11 is 6.02. The number of nitrogens with zero attached hydrogens (tertiary/aromatic N) is 5. The van der Waals surface area contributed by atoms with Gasteiger partial charge in [-0.25, -0.2) is 14.8 Å². The standard InChI is InChI=1S/C23H28ClN5O3/c24-20-4-1-18(2-5-20)3-6-21(17-27-11-13-32-14-12-27)28-7-9-29(10-8-28)23-25-15-19(16-26-23)22(30)31/h1-6,15-16,21H,7-14,17H2,(H,30,31). The predicted octanol–water partition coefficient (Wildman–Crippen LogP) is 2.36. The van der Waals surface area contributed by atoms with E-state index in [2.05, 4.69) is 36.8 Å². The van der Waals surface area contributed by atoms with E-state index >= 15 is 0 Å². The monoisotopic (exact) mass is 457 g/mol. The molecular weight excluding hydrogens is 430 g/mol. The summed E-state index contributed by atoms with van der Waals surface area (Å²) < 4.78 is 5.51. The zero-order chi connectivity index (χ0) is 22.3. The van der Waals surface area contributed by atoms with Gasteiger partial charge in [-0.05, 0) is 17.7 Å². The molecule has 1 aromatic heterocycles. The molecule has 1 N–H and O–H groups in total. The minimum absolute atomic E-state index is 0.102. The number of rotatable bonds is 7. The van der Waals surface area contributed by atoms with Crippen molar-refractivity contribution < 1.29 is 14.6 Å². The molecule has 2 aliphatic heterocycles. The van der Waals surface area contributed by atoms with Gasteiger partial charge in [-0.3, -0.25) is 9.80 Å². The molecule has 1 atom stereocenters. The maximum absolute atomic E-state index is 11.0. The van der Waals surface area contributed by atoms with Crippen molar-refractivity contribution in [1.82, 2.24) is 19.8 Å². The van der Waals surface area contributed by atoms with Crippen LogP contribution in [0.5, 0.6) is 0 Å². The van der Waals surface area contributed by atoms with E-state index in [1.165, 1.54) is 12.4 Å². The van der Waals surface area contributed by atoms with Gasteiger partial charge in [0.15, 0.2) is 0 Å². The first-order chi connectivity index (χ1) is 15.6. The van der Waals surface area contributed by atoms with Crippen LogP contribution in [-0.4, -0.2) is 95.9 Å². The first kappa shape index (κ1) is 22.7. The summed E-state index contributed by atoms with van der Waals surface area (Å²) in [6, 6.07) is 8.15. The quantitative estimate of drug-likeness (QED) is 0.678. The maximum atomic E-state index is 11.0. The maximum Gasteiger partial charge on any atom is 0.338 e. The van der Waals surface area contributed by atoms with Crippen LogP contribution in [0.25, 0.3) is 6.08 Å². The minimum atomic E-state index is -1.01. The molecule has 9 heteroatoms. The van der Waals surface area contributed by atoms with Crippen molar-refractivity contribution in [2.24, 2.45) is 0 Å². The second-order valence-corrected chi connectivity index (χ2v) is 8.43. The number of piperazine rings is 1. The fourth-order valence-corrected chi connectivity index (χ4v) is 4.12. The molecule has 0 bridgehead atoms. The molecule has 32 heavy (non-hydrogen) atoms. The highest BCUT2D eigenvalue weighted by Gasteiger charge is 2.26. The van der Waals surface area contributed by atoms with E-state index in [0.717, 1.165) is 69.6 Å². The van der Waals surface area contributed by atoms with Crippen LogP contribution in [0.1, 0.15) is 15.9 Å². The van der Waals surface area contributed by atoms with Gasteiger partial charge in [0.1, 0.15) is 0 Å². The van der Waals surface area contributed by atoms with E-state index in [4.69, 9.17) is 21.4 Å². The lowest BCUT2D eigenvalue weighted by molar-refractivity contribution is 0.0269. The van der Waals surface area contributed by atoms with Crippen molar-refractivity contribution in [3.8, 4) is 0 Å². The largest absolute Gasteiger partial charge is 0.478 e. The van der Waals surface area contributed by atoms with Gasteiger partial charge in [0.25, 0.3) is 0 Å². The Labute approximate surface area is 193 Å². The van der Waals surface area contributed by atoms with Gasteiger partial charge in [0, 0.05) is 69.3 Å². The highest BCUT2D eigenvalue weighted by atomic mass is 35.5. The summed E-state index contributed by atoms with van der Waals surface area (Å²) in [5.74, 6) is -0.434. The van der Waals surface area contributed by atoms with E-state index < -0.39 is 5.97 Å². The number of morpholine rings is 1. The fraction of sp³-hybridized carbons (Fsp3) is 0.435. The Morgan fingerprint density at radius 2 is 1.72 bits per heavy atom. The predicted molar refractivity (Wildman–Crippen MR) is 124 cm³/mol. The summed E-state index contributed by atoms with van der Waals surface area (Å²) in [5.41, 5.74) is 1.23. The van der Waals surface area contributed by atoms with Crippen LogP contribution in [0, 0.1) is 0 Å². The zero-order valence-corrected chi connectivity index (χ0v) is 18.7. The van der Waals surface area contributed by atoms with Crippen LogP contribution in [0.15, 0.2) is 42.7 Å². The molecule has 170 valence electrons. The van der Waals surface area contributed by atoms with Gasteiger partial charge in [0.05, 0.1) is 18.8 Å². The molecule has 2 saturated heterocycles. The summed E-state index contributed by atoms with van der Waals surface area (Å²) in [4.78, 5) is 26.6. The number of benzene rings is 1. The van der Waals surface area contributed by atoms with Crippen molar-refractivity contribution in [2.75, 3.05) is 63.9 Å². The van der Waals surface area contributed by atoms with Crippen molar-refractivity contribution in [1.29, 1.82) is 0 Å². The van der Waals surface area contributed by atoms with E-state index in [1.807, 2.05) is 24.3 Å². The molecule has 0 saturated carbocycles. The molecule has 3 heterocycles. The average Bonchev–Trinajstić information content (AvgIpc) is 2.83. The number of anilines is 1. The second-order valence-electron chi connectivity index (χ2n) is 7.99. The number of aromatic nitrogens is 2. The molecular formula is C23H28ClN5O3. The smallest absolute Gasteiger partial charge is 0.338 e. The van der Waals surface area contributed by atoms with Crippen LogP contribution >= 0.6 is 11.6 Å². The normalized spacial score (nSPS) is 19.3. The van der Waals surface area contributed by atoms with Gasteiger partial charge in [-0.15, -0.1) is 0 Å². The average molecular weight is 458 g/mol. The molecule has 0 spiro atoms. The van der Waals surface area contributed by atoms with E-state index in [0.29, 0.717) is 5.95 Å². The summed E-state index contributed by atoms with van der Waals surface area (Å²) in [6.45, 7) is 7.77. The number of hydrogen-bond acceptors (Lipinski definition) is 7. The lowest BCUT2D eigenvalue weighted by Crippen LogP contribution is -2.54. The number of ether oxygens (including phenoxy) is 1. The highest BCUT2D eigenvalue weighted by molar-refractivity contribution is 6.30. The Balaban J connectivity index is 1.41. The van der Waals surface area contributed by atoms with Crippen molar-refractivity contribution in [3.63, 3.8) is 0 Å². The third kappa shape index (κ3) is 6.04. The Kier molecular flexibility index (Phi) is 7.70. The minimum Gasteiger partial charge on any atom is -0.478 e. The number of carboxylic acids is 1. The lowest BCUT2D eigenvalue weighted by atomic mass is 10.1. The van der Waals surface area contributed by atoms with Gasteiger partial charge in [-0.2, -0.15) is 0 Å². The topological polar surface area (TPSA) is 82.0 Å². The Morgan fingerprint density at radius 3 is 2.34 bits per heavy atom. The van der Waals surface area contributed by atoms with Crippen molar-refractivity contribution in [3.05, 3.63) is 58.9 Å². The number of hydrogen-bond donors (Lipinski definition) is 1. The van der Waals surface area contributed by atoms with Crippen LogP contribution in [0.3, 0.4) is 0 Å². The molecule has 8 nitrogen and oxygen atoms in total. The van der Waals surface area contributed by atoms with Crippen molar-refractivity contribution in [2.45, 2.75) is 6.04 Å². The Bertz CT molecular complexity index is 908. The molecule has 2 aromatic rings. The molecule has 1 unspecified atom stereocenters. The zero-order valence-electron chi connectivity index (χ0n) is 17.9. The molecule has 2 aliphatic rings. The number of halogens is 1. The van der Waals surface area contributed by atoms with Crippen molar-refractivity contribution >= 4 is 29.6 Å². The molecule has 0 amide bonds. The summed E-state index contributed by atoms with van der Waals surface area (Å²) in [7, 11) is 0.